The van der Waals surface area contributed by atoms with Gasteiger partial charge in [-0.05, 0) is 87.1 Å². The smallest absolute Gasteiger partial charge is 0.0894 e. The van der Waals surface area contributed by atoms with Gasteiger partial charge in [0.15, 0.2) is 0 Å². The van der Waals surface area contributed by atoms with Gasteiger partial charge in [0.25, 0.3) is 0 Å². The zero-order valence-electron chi connectivity index (χ0n) is 19.1. The summed E-state index contributed by atoms with van der Waals surface area (Å²) in [6, 6.07) is 21.5. The third kappa shape index (κ3) is 5.70. The lowest BCUT2D eigenvalue weighted by molar-refractivity contribution is 0.145. The van der Waals surface area contributed by atoms with Crippen LogP contribution in [0, 0.1) is 0 Å². The SMILES string of the molecule is CCOCCCc1ccc2nc(-c3ccc4cc(CCCOCC)ccc4n3)ccc2c1. The number of aryl methyl sites for hydroxylation is 2. The van der Waals surface area contributed by atoms with Crippen molar-refractivity contribution in [3.8, 4) is 11.4 Å². The molecule has 0 N–H and O–H groups in total. The molecule has 0 saturated carbocycles. The number of nitrogens with zero attached hydrogens (tertiary/aromatic N) is 2. The summed E-state index contributed by atoms with van der Waals surface area (Å²) in [5.41, 5.74) is 6.47. The summed E-state index contributed by atoms with van der Waals surface area (Å²) in [6.45, 7) is 7.26. The van der Waals surface area contributed by atoms with Crippen LogP contribution in [0.25, 0.3) is 33.2 Å². The van der Waals surface area contributed by atoms with Gasteiger partial charge in [-0.1, -0.05) is 24.3 Å². The van der Waals surface area contributed by atoms with E-state index in [0.717, 1.165) is 74.5 Å². The first-order chi connectivity index (χ1) is 15.8. The van der Waals surface area contributed by atoms with Crippen molar-refractivity contribution in [2.75, 3.05) is 26.4 Å². The molecule has 0 bridgehead atoms. The van der Waals surface area contributed by atoms with E-state index in [9.17, 15) is 0 Å². The first kappa shape index (κ1) is 22.4. The van der Waals surface area contributed by atoms with Crippen LogP contribution in [0.5, 0.6) is 0 Å². The fourth-order valence-corrected chi connectivity index (χ4v) is 3.99. The summed E-state index contributed by atoms with van der Waals surface area (Å²) >= 11 is 0. The Morgan fingerprint density at radius 3 is 1.50 bits per heavy atom. The van der Waals surface area contributed by atoms with Crippen LogP contribution in [-0.4, -0.2) is 36.4 Å². The molecular formula is C28H32N2O2. The van der Waals surface area contributed by atoms with Gasteiger partial charge in [-0.3, -0.25) is 0 Å². The summed E-state index contributed by atoms with van der Waals surface area (Å²) in [4.78, 5) is 9.76. The molecule has 0 atom stereocenters. The van der Waals surface area contributed by atoms with Crippen molar-refractivity contribution in [2.45, 2.75) is 39.5 Å². The summed E-state index contributed by atoms with van der Waals surface area (Å²) in [7, 11) is 0. The van der Waals surface area contributed by atoms with E-state index < -0.39 is 0 Å². The molecule has 0 radical (unpaired) electrons. The Bertz CT molecular complexity index is 1080. The predicted octanol–water partition coefficient (Wildman–Crippen LogP) is 6.39. The highest BCUT2D eigenvalue weighted by Gasteiger charge is 2.06. The van der Waals surface area contributed by atoms with Crippen molar-refractivity contribution in [1.29, 1.82) is 0 Å². The maximum atomic E-state index is 5.45. The molecule has 4 aromatic rings. The molecule has 0 spiro atoms. The molecular weight excluding hydrogens is 396 g/mol. The Labute approximate surface area is 190 Å². The molecule has 0 unspecified atom stereocenters. The van der Waals surface area contributed by atoms with E-state index in [0.29, 0.717) is 0 Å². The van der Waals surface area contributed by atoms with E-state index in [-0.39, 0.29) is 0 Å². The monoisotopic (exact) mass is 428 g/mol. The van der Waals surface area contributed by atoms with Gasteiger partial charge in [0.1, 0.15) is 0 Å². The molecule has 4 heteroatoms. The number of ether oxygens (including phenoxy) is 2. The molecule has 0 aliphatic carbocycles. The zero-order valence-corrected chi connectivity index (χ0v) is 19.1. The first-order valence-electron chi connectivity index (χ1n) is 11.7. The van der Waals surface area contributed by atoms with Crippen molar-refractivity contribution in [2.24, 2.45) is 0 Å². The van der Waals surface area contributed by atoms with Crippen molar-refractivity contribution in [3.63, 3.8) is 0 Å². The zero-order chi connectivity index (χ0) is 22.2. The maximum Gasteiger partial charge on any atom is 0.0894 e. The lowest BCUT2D eigenvalue weighted by atomic mass is 10.0. The van der Waals surface area contributed by atoms with Crippen molar-refractivity contribution in [3.05, 3.63) is 71.8 Å². The number of pyridine rings is 2. The fourth-order valence-electron chi connectivity index (χ4n) is 3.99. The van der Waals surface area contributed by atoms with Gasteiger partial charge in [0.2, 0.25) is 0 Å². The third-order valence-corrected chi connectivity index (χ3v) is 5.69. The second-order valence-corrected chi connectivity index (χ2v) is 8.05. The van der Waals surface area contributed by atoms with Gasteiger partial charge in [-0.15, -0.1) is 0 Å². The van der Waals surface area contributed by atoms with Gasteiger partial charge in [0.05, 0.1) is 22.4 Å². The van der Waals surface area contributed by atoms with Gasteiger partial charge in [0, 0.05) is 37.2 Å². The van der Waals surface area contributed by atoms with Gasteiger partial charge in [-0.2, -0.15) is 0 Å². The van der Waals surface area contributed by atoms with Crippen LogP contribution < -0.4 is 0 Å². The van der Waals surface area contributed by atoms with Crippen LogP contribution in [0.4, 0.5) is 0 Å². The van der Waals surface area contributed by atoms with Crippen molar-refractivity contribution >= 4 is 21.8 Å². The predicted molar refractivity (Wildman–Crippen MR) is 132 cm³/mol. The van der Waals surface area contributed by atoms with E-state index in [4.69, 9.17) is 19.4 Å². The third-order valence-electron chi connectivity index (χ3n) is 5.69. The van der Waals surface area contributed by atoms with Crippen LogP contribution in [0.3, 0.4) is 0 Å². The highest BCUT2D eigenvalue weighted by atomic mass is 16.5. The topological polar surface area (TPSA) is 44.2 Å². The minimum atomic E-state index is 0.781. The molecule has 0 aliphatic rings. The molecule has 4 nitrogen and oxygen atoms in total. The molecule has 0 fully saturated rings. The first-order valence-corrected chi connectivity index (χ1v) is 11.7. The standard InChI is InChI=1S/C28H32N2O2/c1-3-31-17-5-7-21-9-13-25-23(19-21)11-15-27(29-25)28-16-12-24-20-22(8-6-18-32-4-2)10-14-26(24)30-28/h9-16,19-20H,3-8,17-18H2,1-2H3. The average Bonchev–Trinajstić information content (AvgIpc) is 2.84. The molecule has 32 heavy (non-hydrogen) atoms. The minimum absolute atomic E-state index is 0.781. The number of aromatic nitrogens is 2. The second-order valence-electron chi connectivity index (χ2n) is 8.05. The van der Waals surface area contributed by atoms with Gasteiger partial charge < -0.3 is 9.47 Å². The van der Waals surface area contributed by atoms with E-state index in [1.54, 1.807) is 0 Å². The number of hydrogen-bond acceptors (Lipinski definition) is 4. The molecule has 0 aliphatic heterocycles. The number of hydrogen-bond donors (Lipinski definition) is 0. The highest BCUT2D eigenvalue weighted by molar-refractivity contribution is 5.84. The fraction of sp³-hybridized carbons (Fsp3) is 0.357. The normalized spacial score (nSPS) is 11.4. The van der Waals surface area contributed by atoms with E-state index in [1.807, 2.05) is 13.8 Å². The Balaban J connectivity index is 1.49. The van der Waals surface area contributed by atoms with Crippen LogP contribution in [0.15, 0.2) is 60.7 Å². The van der Waals surface area contributed by atoms with Gasteiger partial charge in [-0.25, -0.2) is 9.97 Å². The van der Waals surface area contributed by atoms with E-state index >= 15 is 0 Å². The van der Waals surface area contributed by atoms with Crippen LogP contribution in [0.1, 0.15) is 37.8 Å². The summed E-state index contributed by atoms with van der Waals surface area (Å²) in [5, 5.41) is 2.33. The second kappa shape index (κ2) is 11.2. The Kier molecular flexibility index (Phi) is 7.81. The van der Waals surface area contributed by atoms with Gasteiger partial charge >= 0.3 is 0 Å². The molecule has 2 heterocycles. The summed E-state index contributed by atoms with van der Waals surface area (Å²) in [6.07, 6.45) is 4.13. The van der Waals surface area contributed by atoms with E-state index in [2.05, 4.69) is 60.7 Å². The van der Waals surface area contributed by atoms with Crippen LogP contribution >= 0.6 is 0 Å². The molecule has 4 rings (SSSR count). The summed E-state index contributed by atoms with van der Waals surface area (Å²) < 4.78 is 10.9. The Morgan fingerprint density at radius 1 is 0.594 bits per heavy atom. The highest BCUT2D eigenvalue weighted by Crippen LogP contribution is 2.24. The lowest BCUT2D eigenvalue weighted by Gasteiger charge is -2.08. The lowest BCUT2D eigenvalue weighted by Crippen LogP contribution is -1.96. The number of benzene rings is 2. The largest absolute Gasteiger partial charge is 0.382 e. The molecule has 0 saturated heterocycles. The van der Waals surface area contributed by atoms with Crippen molar-refractivity contribution in [1.82, 2.24) is 9.97 Å². The molecule has 2 aromatic carbocycles. The Hall–Kier alpha value is -2.82. The molecule has 166 valence electrons. The minimum Gasteiger partial charge on any atom is -0.382 e. The molecule has 2 aromatic heterocycles. The maximum absolute atomic E-state index is 5.45. The van der Waals surface area contributed by atoms with Crippen molar-refractivity contribution < 1.29 is 9.47 Å². The average molecular weight is 429 g/mol. The number of rotatable bonds is 11. The van der Waals surface area contributed by atoms with Crippen LogP contribution in [-0.2, 0) is 22.3 Å². The number of fused-ring (bicyclic) bond motifs is 2. The quantitative estimate of drug-likeness (QED) is 0.260. The van der Waals surface area contributed by atoms with E-state index in [1.165, 1.54) is 21.9 Å². The summed E-state index contributed by atoms with van der Waals surface area (Å²) in [5.74, 6) is 0. The Morgan fingerprint density at radius 2 is 1.06 bits per heavy atom. The molecule has 0 amide bonds. The van der Waals surface area contributed by atoms with Crippen LogP contribution in [0.2, 0.25) is 0 Å².